The molecular formula is C12H11F4NO3. The minimum Gasteiger partial charge on any atom is -0.485 e. The van der Waals surface area contributed by atoms with E-state index in [1.807, 2.05) is 0 Å². The lowest BCUT2D eigenvalue weighted by Gasteiger charge is -2.16. The Morgan fingerprint density at radius 3 is 2.65 bits per heavy atom. The Balaban J connectivity index is 2.12. The fourth-order valence-electron chi connectivity index (χ4n) is 1.95. The second-order valence-electron chi connectivity index (χ2n) is 4.40. The van der Waals surface area contributed by atoms with E-state index in [9.17, 15) is 22.4 Å². The predicted molar refractivity (Wildman–Crippen MR) is 60.0 cm³/mol. The van der Waals surface area contributed by atoms with Gasteiger partial charge < -0.3 is 14.7 Å². The normalized spacial score (nSPS) is 19.2. The number of hydrogen-bond acceptors (Lipinski definition) is 2. The smallest absolute Gasteiger partial charge is 0.416 e. The molecule has 0 unspecified atom stereocenters. The Hall–Kier alpha value is -1.99. The average Bonchev–Trinajstić information content (AvgIpc) is 2.79. The van der Waals surface area contributed by atoms with Crippen LogP contribution in [0.15, 0.2) is 18.2 Å². The molecule has 1 aromatic rings. The molecule has 1 fully saturated rings. The van der Waals surface area contributed by atoms with Crippen molar-refractivity contribution < 1.29 is 32.2 Å². The van der Waals surface area contributed by atoms with Crippen molar-refractivity contribution >= 4 is 6.09 Å². The van der Waals surface area contributed by atoms with Gasteiger partial charge in [-0.25, -0.2) is 9.18 Å². The molecule has 0 radical (unpaired) electrons. The monoisotopic (exact) mass is 293 g/mol. The lowest BCUT2D eigenvalue weighted by Crippen LogP contribution is -2.29. The molecule has 1 saturated heterocycles. The third-order valence-electron chi connectivity index (χ3n) is 2.97. The first-order valence-corrected chi connectivity index (χ1v) is 5.78. The van der Waals surface area contributed by atoms with Crippen molar-refractivity contribution in [3.8, 4) is 5.75 Å². The summed E-state index contributed by atoms with van der Waals surface area (Å²) >= 11 is 0. The van der Waals surface area contributed by atoms with Crippen molar-refractivity contribution in [2.45, 2.75) is 18.7 Å². The zero-order valence-corrected chi connectivity index (χ0v) is 10.2. The summed E-state index contributed by atoms with van der Waals surface area (Å²) in [4.78, 5) is 11.8. The average molecular weight is 293 g/mol. The maximum Gasteiger partial charge on any atom is 0.416 e. The summed E-state index contributed by atoms with van der Waals surface area (Å²) in [6, 6.07) is 1.89. The predicted octanol–water partition coefficient (Wildman–Crippen LogP) is 2.98. The minimum absolute atomic E-state index is 0.00498. The number of carboxylic acid groups (broad SMARTS) is 1. The van der Waals surface area contributed by atoms with Gasteiger partial charge in [-0.05, 0) is 18.2 Å². The molecule has 1 amide bonds. The Bertz CT molecular complexity index is 518. The highest BCUT2D eigenvalue weighted by atomic mass is 19.4. The van der Waals surface area contributed by atoms with Crippen molar-refractivity contribution in [3.63, 3.8) is 0 Å². The van der Waals surface area contributed by atoms with Crippen LogP contribution >= 0.6 is 0 Å². The van der Waals surface area contributed by atoms with E-state index in [1.54, 1.807) is 0 Å². The number of likely N-dealkylation sites (tertiary alicyclic amines) is 1. The second-order valence-corrected chi connectivity index (χ2v) is 4.40. The van der Waals surface area contributed by atoms with Gasteiger partial charge in [0.05, 0.1) is 12.1 Å². The zero-order valence-electron chi connectivity index (χ0n) is 10.2. The van der Waals surface area contributed by atoms with E-state index in [0.717, 1.165) is 4.90 Å². The van der Waals surface area contributed by atoms with Crippen molar-refractivity contribution in [1.29, 1.82) is 0 Å². The summed E-state index contributed by atoms with van der Waals surface area (Å²) in [7, 11) is 0. The van der Waals surface area contributed by atoms with E-state index < -0.39 is 35.5 Å². The minimum atomic E-state index is -4.59. The van der Waals surface area contributed by atoms with E-state index in [0.29, 0.717) is 24.6 Å². The van der Waals surface area contributed by atoms with Gasteiger partial charge in [0.25, 0.3) is 0 Å². The quantitative estimate of drug-likeness (QED) is 0.853. The standard InChI is InChI=1S/C12H11F4NO3/c13-9-2-1-7(12(14,15)16)5-10(9)20-8-3-4-17(6-8)11(18)19/h1-2,5,8H,3-4,6H2,(H,18,19)/t8-/m0/s1. The summed E-state index contributed by atoms with van der Waals surface area (Å²) < 4.78 is 56.1. The Morgan fingerprint density at radius 2 is 2.10 bits per heavy atom. The Kier molecular flexibility index (Phi) is 3.74. The van der Waals surface area contributed by atoms with E-state index >= 15 is 0 Å². The third-order valence-corrected chi connectivity index (χ3v) is 2.97. The number of benzene rings is 1. The van der Waals surface area contributed by atoms with Gasteiger partial charge in [-0.2, -0.15) is 13.2 Å². The van der Waals surface area contributed by atoms with Crippen LogP contribution in [0.3, 0.4) is 0 Å². The van der Waals surface area contributed by atoms with Crippen LogP contribution in [0.2, 0.25) is 0 Å². The number of ether oxygens (including phenoxy) is 1. The topological polar surface area (TPSA) is 49.8 Å². The number of rotatable bonds is 2. The molecule has 1 heterocycles. The number of carbonyl (C=O) groups is 1. The van der Waals surface area contributed by atoms with Crippen LogP contribution in [0.5, 0.6) is 5.75 Å². The van der Waals surface area contributed by atoms with Gasteiger partial charge in [-0.3, -0.25) is 0 Å². The lowest BCUT2D eigenvalue weighted by atomic mass is 10.2. The maximum atomic E-state index is 13.4. The van der Waals surface area contributed by atoms with Crippen molar-refractivity contribution in [2.24, 2.45) is 0 Å². The highest BCUT2D eigenvalue weighted by Crippen LogP contribution is 2.33. The molecule has 0 aliphatic carbocycles. The molecule has 1 aliphatic heterocycles. The summed E-state index contributed by atoms with van der Waals surface area (Å²) in [6.07, 6.45) is -6.07. The number of amides is 1. The van der Waals surface area contributed by atoms with Crippen LogP contribution in [0.4, 0.5) is 22.4 Å². The van der Waals surface area contributed by atoms with Crippen molar-refractivity contribution in [3.05, 3.63) is 29.6 Å². The van der Waals surface area contributed by atoms with Gasteiger partial charge in [0.2, 0.25) is 0 Å². The van der Waals surface area contributed by atoms with Crippen LogP contribution in [0.1, 0.15) is 12.0 Å². The maximum absolute atomic E-state index is 13.4. The molecule has 110 valence electrons. The summed E-state index contributed by atoms with van der Waals surface area (Å²) in [5.41, 5.74) is -1.01. The molecule has 0 saturated carbocycles. The SMILES string of the molecule is O=C(O)N1CC[C@H](Oc2cc(C(F)(F)F)ccc2F)C1. The first-order valence-electron chi connectivity index (χ1n) is 5.78. The van der Waals surface area contributed by atoms with Gasteiger partial charge >= 0.3 is 12.3 Å². The van der Waals surface area contributed by atoms with E-state index in [1.165, 1.54) is 0 Å². The zero-order chi connectivity index (χ0) is 14.9. The van der Waals surface area contributed by atoms with Gasteiger partial charge in [0.1, 0.15) is 6.10 Å². The van der Waals surface area contributed by atoms with Crippen LogP contribution in [-0.2, 0) is 6.18 Å². The van der Waals surface area contributed by atoms with Gasteiger partial charge in [0, 0.05) is 13.0 Å². The van der Waals surface area contributed by atoms with Crippen LogP contribution in [0, 0.1) is 5.82 Å². The van der Waals surface area contributed by atoms with Gasteiger partial charge in [-0.1, -0.05) is 0 Å². The van der Waals surface area contributed by atoms with E-state index in [-0.39, 0.29) is 13.1 Å². The van der Waals surface area contributed by atoms with Crippen LogP contribution in [0.25, 0.3) is 0 Å². The molecule has 4 nitrogen and oxygen atoms in total. The Morgan fingerprint density at radius 1 is 1.40 bits per heavy atom. The van der Waals surface area contributed by atoms with Crippen LogP contribution < -0.4 is 4.74 Å². The van der Waals surface area contributed by atoms with E-state index in [2.05, 4.69) is 0 Å². The van der Waals surface area contributed by atoms with E-state index in [4.69, 9.17) is 9.84 Å². The molecule has 2 rings (SSSR count). The molecule has 20 heavy (non-hydrogen) atoms. The number of halogens is 4. The fourth-order valence-corrected chi connectivity index (χ4v) is 1.95. The molecule has 1 N–H and O–H groups in total. The summed E-state index contributed by atoms with van der Waals surface area (Å²) in [5, 5.41) is 8.75. The number of hydrogen-bond donors (Lipinski definition) is 1. The summed E-state index contributed by atoms with van der Waals surface area (Å²) in [6.45, 7) is 0.214. The lowest BCUT2D eigenvalue weighted by molar-refractivity contribution is -0.137. The molecule has 0 aromatic heterocycles. The van der Waals surface area contributed by atoms with Gasteiger partial charge in [0.15, 0.2) is 11.6 Å². The fraction of sp³-hybridized carbons (Fsp3) is 0.417. The molecule has 1 aliphatic rings. The second kappa shape index (κ2) is 5.18. The van der Waals surface area contributed by atoms with Crippen molar-refractivity contribution in [2.75, 3.05) is 13.1 Å². The third kappa shape index (κ3) is 3.12. The van der Waals surface area contributed by atoms with Crippen LogP contribution in [-0.4, -0.2) is 35.3 Å². The summed E-state index contributed by atoms with van der Waals surface area (Å²) in [5.74, 6) is -1.43. The molecule has 0 bridgehead atoms. The highest BCUT2D eigenvalue weighted by molar-refractivity contribution is 5.65. The molecule has 1 atom stereocenters. The largest absolute Gasteiger partial charge is 0.485 e. The molecule has 1 aromatic carbocycles. The first-order chi connectivity index (χ1) is 9.27. The Labute approximate surface area is 111 Å². The first kappa shape index (κ1) is 14.4. The molecule has 8 heteroatoms. The number of alkyl halides is 3. The van der Waals surface area contributed by atoms with Crippen molar-refractivity contribution in [1.82, 2.24) is 4.90 Å². The number of nitrogens with zero attached hydrogens (tertiary/aromatic N) is 1. The highest BCUT2D eigenvalue weighted by Gasteiger charge is 2.33. The molecule has 0 spiro atoms. The molecular weight excluding hydrogens is 282 g/mol. The van der Waals surface area contributed by atoms with Gasteiger partial charge in [-0.15, -0.1) is 0 Å².